The van der Waals surface area contributed by atoms with E-state index in [-0.39, 0.29) is 25.3 Å². The van der Waals surface area contributed by atoms with Gasteiger partial charge in [0.1, 0.15) is 16.7 Å². The summed E-state index contributed by atoms with van der Waals surface area (Å²) in [6.45, 7) is 3.25. The SMILES string of the molecule is Cn1cc(-c2ccc(C3C(C)(C)OC(C[C@@H](CCO)c4ccccc4F)=NS3(=O)=O)cc2)cn1. The Morgan fingerprint density at radius 3 is 2.44 bits per heavy atom. The molecule has 0 bridgehead atoms. The van der Waals surface area contributed by atoms with Gasteiger partial charge in [-0.1, -0.05) is 42.5 Å². The Hall–Kier alpha value is -3.04. The van der Waals surface area contributed by atoms with Gasteiger partial charge >= 0.3 is 0 Å². The first kappa shape index (κ1) is 24.1. The highest BCUT2D eigenvalue weighted by Gasteiger charge is 2.47. The summed E-state index contributed by atoms with van der Waals surface area (Å²) in [5, 5.41) is 12.7. The second kappa shape index (κ2) is 9.31. The Morgan fingerprint density at radius 2 is 1.85 bits per heavy atom. The predicted octanol–water partition coefficient (Wildman–Crippen LogP) is 4.36. The number of rotatable bonds is 7. The number of ether oxygens (including phenoxy) is 1. The zero-order valence-electron chi connectivity index (χ0n) is 19.3. The summed E-state index contributed by atoms with van der Waals surface area (Å²) in [7, 11) is -2.14. The van der Waals surface area contributed by atoms with Crippen molar-refractivity contribution >= 4 is 15.9 Å². The monoisotopic (exact) mass is 485 g/mol. The maximum Gasteiger partial charge on any atom is 0.267 e. The molecule has 1 unspecified atom stereocenters. The topological polar surface area (TPSA) is 93.8 Å². The smallest absolute Gasteiger partial charge is 0.267 e. The summed E-state index contributed by atoms with van der Waals surface area (Å²) in [6.07, 6.45) is 3.95. The second-order valence-corrected chi connectivity index (χ2v) is 10.7. The van der Waals surface area contributed by atoms with E-state index in [2.05, 4.69) is 9.50 Å². The number of hydrogen-bond donors (Lipinski definition) is 1. The molecule has 0 saturated heterocycles. The minimum absolute atomic E-state index is 0.0231. The van der Waals surface area contributed by atoms with Gasteiger partial charge in [-0.3, -0.25) is 4.68 Å². The summed E-state index contributed by atoms with van der Waals surface area (Å²) in [5.74, 6) is -0.854. The number of sulfonamides is 1. The van der Waals surface area contributed by atoms with Gasteiger partial charge in [-0.2, -0.15) is 5.10 Å². The Balaban J connectivity index is 1.63. The van der Waals surface area contributed by atoms with Crippen molar-refractivity contribution < 1.29 is 22.7 Å². The number of aliphatic hydroxyl groups excluding tert-OH is 1. The molecular formula is C25H28FN3O4S. The van der Waals surface area contributed by atoms with Crippen LogP contribution in [-0.2, 0) is 21.8 Å². The van der Waals surface area contributed by atoms with Gasteiger partial charge in [0.25, 0.3) is 10.0 Å². The van der Waals surface area contributed by atoms with E-state index in [0.29, 0.717) is 11.1 Å². The molecule has 2 atom stereocenters. The lowest BCUT2D eigenvalue weighted by Crippen LogP contribution is -2.43. The fourth-order valence-corrected chi connectivity index (χ4v) is 6.31. The molecule has 7 nitrogen and oxygen atoms in total. The van der Waals surface area contributed by atoms with Gasteiger partial charge in [-0.05, 0) is 48.9 Å². The van der Waals surface area contributed by atoms with E-state index in [0.717, 1.165) is 11.1 Å². The molecule has 1 aliphatic heterocycles. The maximum atomic E-state index is 14.4. The van der Waals surface area contributed by atoms with Crippen LogP contribution in [0.4, 0.5) is 4.39 Å². The predicted molar refractivity (Wildman–Crippen MR) is 128 cm³/mol. The molecule has 1 aromatic heterocycles. The zero-order chi connectivity index (χ0) is 24.5. The number of aliphatic hydroxyl groups is 1. The fraction of sp³-hybridized carbons (Fsp3) is 0.360. The maximum absolute atomic E-state index is 14.4. The Morgan fingerprint density at radius 1 is 1.15 bits per heavy atom. The molecule has 34 heavy (non-hydrogen) atoms. The summed E-state index contributed by atoms with van der Waals surface area (Å²) >= 11 is 0. The van der Waals surface area contributed by atoms with Crippen molar-refractivity contribution in [3.63, 3.8) is 0 Å². The molecule has 0 radical (unpaired) electrons. The lowest BCUT2D eigenvalue weighted by molar-refractivity contribution is 0.0797. The van der Waals surface area contributed by atoms with Crippen molar-refractivity contribution in [3.8, 4) is 11.1 Å². The Bertz CT molecular complexity index is 1300. The first-order valence-electron chi connectivity index (χ1n) is 11.1. The lowest BCUT2D eigenvalue weighted by atomic mass is 9.91. The molecule has 0 amide bonds. The van der Waals surface area contributed by atoms with Crippen LogP contribution in [0.1, 0.15) is 49.0 Å². The number of benzene rings is 2. The van der Waals surface area contributed by atoms with Crippen LogP contribution < -0.4 is 0 Å². The fourth-order valence-electron chi connectivity index (χ4n) is 4.54. The number of hydrogen-bond acceptors (Lipinski definition) is 5. The number of nitrogens with zero attached hydrogens (tertiary/aromatic N) is 3. The first-order chi connectivity index (χ1) is 16.1. The quantitative estimate of drug-likeness (QED) is 0.537. The Kier molecular flexibility index (Phi) is 6.60. The molecule has 1 N–H and O–H groups in total. The molecule has 2 heterocycles. The molecule has 9 heteroatoms. The van der Waals surface area contributed by atoms with Crippen LogP contribution in [0.25, 0.3) is 11.1 Å². The standard InChI is InChI=1S/C25H28FN3O4S/c1-25(2)24(18-10-8-17(9-11-18)20-15-27-29(3)16-20)34(31,32)28-23(33-25)14-19(12-13-30)21-6-4-5-7-22(21)26/h4-11,15-16,19,24,30H,12-14H2,1-3H3/t19-,24?/m1/s1. The molecule has 0 fully saturated rings. The van der Waals surface area contributed by atoms with Crippen LogP contribution in [0, 0.1) is 5.82 Å². The minimum atomic E-state index is -3.97. The van der Waals surface area contributed by atoms with Gasteiger partial charge in [-0.25, -0.2) is 12.8 Å². The van der Waals surface area contributed by atoms with Crippen molar-refractivity contribution in [2.24, 2.45) is 11.4 Å². The average molecular weight is 486 g/mol. The van der Waals surface area contributed by atoms with E-state index in [4.69, 9.17) is 4.74 Å². The highest BCUT2D eigenvalue weighted by molar-refractivity contribution is 7.90. The molecule has 1 aliphatic rings. The number of halogens is 1. The zero-order valence-corrected chi connectivity index (χ0v) is 20.2. The van der Waals surface area contributed by atoms with E-state index in [9.17, 15) is 17.9 Å². The summed E-state index contributed by atoms with van der Waals surface area (Å²) < 4.78 is 52.8. The molecular weight excluding hydrogens is 457 g/mol. The van der Waals surface area contributed by atoms with E-state index in [1.54, 1.807) is 55.1 Å². The largest absolute Gasteiger partial charge is 0.472 e. The van der Waals surface area contributed by atoms with Crippen LogP contribution in [0.3, 0.4) is 0 Å². The van der Waals surface area contributed by atoms with Crippen molar-refractivity contribution in [3.05, 3.63) is 77.9 Å². The Labute approximate surface area is 199 Å². The third-order valence-corrected chi connectivity index (χ3v) is 7.93. The molecule has 0 spiro atoms. The van der Waals surface area contributed by atoms with E-state index in [1.807, 2.05) is 25.4 Å². The average Bonchev–Trinajstić information content (AvgIpc) is 3.19. The van der Waals surface area contributed by atoms with Crippen LogP contribution >= 0.6 is 0 Å². The van der Waals surface area contributed by atoms with Crippen molar-refractivity contribution in [2.45, 2.75) is 43.5 Å². The number of aromatic nitrogens is 2. The van der Waals surface area contributed by atoms with Crippen molar-refractivity contribution in [2.75, 3.05) is 6.61 Å². The van der Waals surface area contributed by atoms with E-state index >= 15 is 0 Å². The molecule has 2 aromatic carbocycles. The molecule has 180 valence electrons. The molecule has 4 rings (SSSR count). The van der Waals surface area contributed by atoms with Crippen LogP contribution in [0.5, 0.6) is 0 Å². The highest BCUT2D eigenvalue weighted by atomic mass is 32.2. The normalized spacial score (nSPS) is 19.8. The highest BCUT2D eigenvalue weighted by Crippen LogP contribution is 2.42. The third-order valence-electron chi connectivity index (χ3n) is 6.03. The van der Waals surface area contributed by atoms with Crippen LogP contribution in [0.2, 0.25) is 0 Å². The number of aryl methyl sites for hydroxylation is 1. The van der Waals surface area contributed by atoms with E-state index in [1.165, 1.54) is 6.07 Å². The second-order valence-electron chi connectivity index (χ2n) is 9.05. The van der Waals surface area contributed by atoms with Gasteiger partial charge in [0, 0.05) is 31.8 Å². The first-order valence-corrected chi connectivity index (χ1v) is 12.6. The lowest BCUT2D eigenvalue weighted by Gasteiger charge is -2.38. The van der Waals surface area contributed by atoms with Crippen molar-refractivity contribution in [1.82, 2.24) is 9.78 Å². The summed E-state index contributed by atoms with van der Waals surface area (Å²) in [5.41, 5.74) is 1.71. The van der Waals surface area contributed by atoms with Crippen molar-refractivity contribution in [1.29, 1.82) is 0 Å². The van der Waals surface area contributed by atoms with E-state index < -0.39 is 32.6 Å². The third kappa shape index (κ3) is 4.90. The van der Waals surface area contributed by atoms with Gasteiger partial charge < -0.3 is 9.84 Å². The van der Waals surface area contributed by atoms with Gasteiger partial charge in [-0.15, -0.1) is 4.40 Å². The summed E-state index contributed by atoms with van der Waals surface area (Å²) in [4.78, 5) is 0. The van der Waals surface area contributed by atoms with Gasteiger partial charge in [0.05, 0.1) is 6.20 Å². The minimum Gasteiger partial charge on any atom is -0.472 e. The van der Waals surface area contributed by atoms with Crippen LogP contribution in [0.15, 0.2) is 65.3 Å². The van der Waals surface area contributed by atoms with Gasteiger partial charge in [0.2, 0.25) is 5.90 Å². The van der Waals surface area contributed by atoms with Gasteiger partial charge in [0.15, 0.2) is 0 Å². The molecule has 0 aliphatic carbocycles. The molecule has 3 aromatic rings. The molecule has 0 saturated carbocycles. The van der Waals surface area contributed by atoms with Crippen LogP contribution in [-0.4, -0.2) is 41.4 Å². The summed E-state index contributed by atoms with van der Waals surface area (Å²) in [6, 6.07) is 13.5.